The number of hydrogen-bond donors (Lipinski definition) is 0. The van der Waals surface area contributed by atoms with Crippen LogP contribution in [-0.4, -0.2) is 18.9 Å². The first kappa shape index (κ1) is 2.81. The molecule has 0 atom stereocenters. The zero-order valence-corrected chi connectivity index (χ0v) is 6.59. The Morgan fingerprint density at radius 2 is 2.50 bits per heavy atom. The Bertz CT molecular complexity index is 360. The normalized spacial score (nSPS) is 20.9. The van der Waals surface area contributed by atoms with E-state index in [2.05, 4.69) is 20.9 Å². The number of hydrogen-bond acceptors (Lipinski definition) is 2. The van der Waals surface area contributed by atoms with Crippen LogP contribution in [0.25, 0.3) is 0 Å². The Morgan fingerprint density at radius 1 is 1.70 bits per heavy atom. The molecule has 54 valence electrons. The first-order chi connectivity index (χ1) is 7.12. The van der Waals surface area contributed by atoms with Gasteiger partial charge in [-0.3, -0.25) is 0 Å². The molecule has 1 heterocycles. The smallest absolute Gasteiger partial charge is 0.129 e. The van der Waals surface area contributed by atoms with Gasteiger partial charge in [-0.15, -0.1) is 0 Å². The summed E-state index contributed by atoms with van der Waals surface area (Å²) in [5.74, 6) is -0.116. The molecular weight excluding hydrogens is 192 g/mol. The fourth-order valence-electron chi connectivity index (χ4n) is 0.516. The lowest BCUT2D eigenvalue weighted by atomic mass is 10.4. The van der Waals surface area contributed by atoms with Gasteiger partial charge in [0.15, 0.2) is 0 Å². The summed E-state index contributed by atoms with van der Waals surface area (Å²) in [6.07, 6.45) is 1.34. The van der Waals surface area contributed by atoms with Gasteiger partial charge in [-0.25, -0.2) is 4.98 Å². The van der Waals surface area contributed by atoms with Crippen LogP contribution in [0.5, 0.6) is 0 Å². The summed E-state index contributed by atoms with van der Waals surface area (Å²) in [5.41, 5.74) is 0. The van der Waals surface area contributed by atoms with E-state index in [4.69, 9.17) is 8.22 Å². The van der Waals surface area contributed by atoms with Crippen LogP contribution in [0.3, 0.4) is 0 Å². The molecule has 1 rings (SSSR count). The van der Waals surface area contributed by atoms with Crippen LogP contribution in [-0.2, 0) is 0 Å². The third-order valence-corrected chi connectivity index (χ3v) is 1.43. The highest BCUT2D eigenvalue weighted by Crippen LogP contribution is 2.13. The highest BCUT2D eigenvalue weighted by atomic mass is 79.9. The highest BCUT2D eigenvalue weighted by Gasteiger charge is 1.94. The molecular formula is C7H9BrN2. The summed E-state index contributed by atoms with van der Waals surface area (Å²) in [6, 6.07) is 2.93. The SMILES string of the molecule is [2H]C([2H])([2H])N(c1cc(Br)ccn1)C([2H])([2H])[2H]. The number of pyridine rings is 1. The third kappa shape index (κ3) is 1.70. The summed E-state index contributed by atoms with van der Waals surface area (Å²) in [5, 5.41) is 0. The Kier molecular flexibility index (Phi) is 0.848. The fourth-order valence-corrected chi connectivity index (χ4v) is 0.839. The van der Waals surface area contributed by atoms with Crippen molar-refractivity contribution in [2.75, 3.05) is 18.9 Å². The summed E-state index contributed by atoms with van der Waals surface area (Å²) in [4.78, 5) is 4.09. The van der Waals surface area contributed by atoms with Gasteiger partial charge in [-0.2, -0.15) is 0 Å². The second-order valence-corrected chi connectivity index (χ2v) is 2.58. The van der Waals surface area contributed by atoms with Crippen molar-refractivity contribution < 1.29 is 8.22 Å². The molecule has 1 aromatic rings. The molecule has 0 aliphatic carbocycles. The second kappa shape index (κ2) is 3.01. The van der Waals surface area contributed by atoms with Crippen LogP contribution < -0.4 is 4.90 Å². The van der Waals surface area contributed by atoms with Crippen LogP contribution in [0.4, 0.5) is 5.82 Å². The molecule has 0 bridgehead atoms. The molecule has 0 aromatic carbocycles. The Labute approximate surface area is 77.4 Å². The fraction of sp³-hybridized carbons (Fsp3) is 0.286. The molecule has 0 aliphatic heterocycles. The van der Waals surface area contributed by atoms with Crippen molar-refractivity contribution in [1.82, 2.24) is 4.98 Å². The van der Waals surface area contributed by atoms with Crippen LogP contribution in [0, 0.1) is 0 Å². The van der Waals surface area contributed by atoms with E-state index in [0.717, 1.165) is 0 Å². The average molecular weight is 207 g/mol. The van der Waals surface area contributed by atoms with E-state index >= 15 is 0 Å². The van der Waals surface area contributed by atoms with E-state index in [9.17, 15) is 0 Å². The lowest BCUT2D eigenvalue weighted by molar-refractivity contribution is 1.07. The van der Waals surface area contributed by atoms with E-state index in [-0.39, 0.29) is 5.82 Å². The zero-order chi connectivity index (χ0) is 12.6. The molecule has 10 heavy (non-hydrogen) atoms. The van der Waals surface area contributed by atoms with Gasteiger partial charge in [0.25, 0.3) is 0 Å². The lowest BCUT2D eigenvalue weighted by Crippen LogP contribution is -2.09. The van der Waals surface area contributed by atoms with Gasteiger partial charge >= 0.3 is 0 Å². The third-order valence-electron chi connectivity index (χ3n) is 0.937. The summed E-state index contributed by atoms with van der Waals surface area (Å²) in [6.45, 7) is -5.53. The Hall–Kier alpha value is -0.570. The molecule has 0 spiro atoms. The molecule has 1 aromatic heterocycles. The largest absolute Gasteiger partial charge is 0.363 e. The number of rotatable bonds is 1. The molecule has 2 nitrogen and oxygen atoms in total. The Balaban J connectivity index is 3.23. The topological polar surface area (TPSA) is 16.1 Å². The van der Waals surface area contributed by atoms with Crippen LogP contribution in [0.15, 0.2) is 22.8 Å². The maximum absolute atomic E-state index is 7.20. The molecule has 0 amide bonds. The minimum Gasteiger partial charge on any atom is -0.363 e. The molecule has 0 unspecified atom stereocenters. The van der Waals surface area contributed by atoms with Crippen molar-refractivity contribution >= 4 is 21.7 Å². The van der Waals surface area contributed by atoms with Crippen molar-refractivity contribution in [3.63, 3.8) is 0 Å². The van der Waals surface area contributed by atoms with E-state index in [1.807, 2.05) is 0 Å². The van der Waals surface area contributed by atoms with Gasteiger partial charge in [-0.1, -0.05) is 15.9 Å². The monoisotopic (exact) mass is 206 g/mol. The van der Waals surface area contributed by atoms with Gasteiger partial charge in [0, 0.05) is 32.8 Å². The molecule has 0 radical (unpaired) electrons. The van der Waals surface area contributed by atoms with Gasteiger partial charge in [-0.05, 0) is 12.1 Å². The van der Waals surface area contributed by atoms with E-state index in [0.29, 0.717) is 9.37 Å². The second-order valence-electron chi connectivity index (χ2n) is 1.67. The van der Waals surface area contributed by atoms with Crippen molar-refractivity contribution in [2.45, 2.75) is 0 Å². The predicted molar refractivity (Wildman–Crippen MR) is 46.3 cm³/mol. The van der Waals surface area contributed by atoms with Gasteiger partial charge in [0.1, 0.15) is 5.82 Å². The predicted octanol–water partition coefficient (Wildman–Crippen LogP) is 1.91. The van der Waals surface area contributed by atoms with Gasteiger partial charge < -0.3 is 4.90 Å². The van der Waals surface area contributed by atoms with E-state index in [1.54, 1.807) is 6.07 Å². The Morgan fingerprint density at radius 3 is 3.10 bits per heavy atom. The average Bonchev–Trinajstić information content (AvgIpc) is 1.97. The quantitative estimate of drug-likeness (QED) is 0.699. The number of anilines is 1. The molecule has 0 fully saturated rings. The molecule has 0 saturated heterocycles. The highest BCUT2D eigenvalue weighted by molar-refractivity contribution is 9.10. The van der Waals surface area contributed by atoms with Gasteiger partial charge in [0.2, 0.25) is 0 Å². The standard InChI is InChI=1S/C7H9BrN2/c1-10(2)7-5-6(8)3-4-9-7/h3-5H,1-2H3/i1D3,2D3. The lowest BCUT2D eigenvalue weighted by Gasteiger charge is -2.09. The molecule has 0 saturated carbocycles. The van der Waals surface area contributed by atoms with Crippen molar-refractivity contribution in [2.24, 2.45) is 0 Å². The van der Waals surface area contributed by atoms with Crippen LogP contribution >= 0.6 is 15.9 Å². The van der Waals surface area contributed by atoms with Gasteiger partial charge in [0.05, 0.1) is 0 Å². The van der Waals surface area contributed by atoms with Crippen molar-refractivity contribution in [3.05, 3.63) is 22.8 Å². The van der Waals surface area contributed by atoms with Crippen molar-refractivity contribution in [3.8, 4) is 0 Å². The summed E-state index contributed by atoms with van der Waals surface area (Å²) >= 11 is 3.13. The molecule has 0 aliphatic rings. The minimum atomic E-state index is -2.76. The van der Waals surface area contributed by atoms with Crippen LogP contribution in [0.1, 0.15) is 8.22 Å². The van der Waals surface area contributed by atoms with E-state index < -0.39 is 14.0 Å². The number of nitrogens with zero attached hydrogens (tertiary/aromatic N) is 2. The molecule has 0 N–H and O–H groups in total. The first-order valence-corrected chi connectivity index (χ1v) is 3.33. The molecule has 3 heteroatoms. The zero-order valence-electron chi connectivity index (χ0n) is 11.0. The first-order valence-electron chi connectivity index (χ1n) is 5.54. The van der Waals surface area contributed by atoms with E-state index in [1.165, 1.54) is 12.3 Å². The summed E-state index contributed by atoms with van der Waals surface area (Å²) in [7, 11) is 0. The number of halogens is 1. The van der Waals surface area contributed by atoms with Crippen molar-refractivity contribution in [1.29, 1.82) is 0 Å². The summed E-state index contributed by atoms with van der Waals surface area (Å²) < 4.78 is 43.7. The number of aromatic nitrogens is 1. The maximum atomic E-state index is 7.20. The minimum absolute atomic E-state index is 0.116. The maximum Gasteiger partial charge on any atom is 0.129 e. The van der Waals surface area contributed by atoms with Crippen LogP contribution in [0.2, 0.25) is 0 Å².